The van der Waals surface area contributed by atoms with Gasteiger partial charge in [-0.2, -0.15) is 0 Å². The lowest BCUT2D eigenvalue weighted by Gasteiger charge is -2.35. The van der Waals surface area contributed by atoms with Gasteiger partial charge in [0.15, 0.2) is 5.69 Å². The highest BCUT2D eigenvalue weighted by Crippen LogP contribution is 2.18. The maximum atomic E-state index is 11.5. The second-order valence-electron chi connectivity index (χ2n) is 7.85. The Morgan fingerprint density at radius 2 is 1.85 bits per heavy atom. The summed E-state index contributed by atoms with van der Waals surface area (Å²) in [6.07, 6.45) is 2.79. The summed E-state index contributed by atoms with van der Waals surface area (Å²) in [7, 11) is 0. The minimum absolute atomic E-state index is 0.0869. The number of carbonyl (C=O) groups excluding carboxylic acids is 1. The number of thiol groups is 1. The normalized spacial score (nSPS) is 16.4. The Hall–Kier alpha value is -1.35. The van der Waals surface area contributed by atoms with Crippen LogP contribution in [0.1, 0.15) is 49.8 Å². The Labute approximate surface area is 167 Å². The summed E-state index contributed by atoms with van der Waals surface area (Å²) in [4.78, 5) is 20.5. The smallest absolute Gasteiger partial charge is 0.372 e. The van der Waals surface area contributed by atoms with Crippen molar-refractivity contribution in [2.75, 3.05) is 39.5 Å². The first kappa shape index (κ1) is 21.9. The lowest BCUT2D eigenvalue weighted by molar-refractivity contribution is -0.0739. The molecule has 8 heteroatoms. The summed E-state index contributed by atoms with van der Waals surface area (Å²) in [5.74, 6) is -0.933. The van der Waals surface area contributed by atoms with Crippen molar-refractivity contribution in [1.29, 1.82) is 0 Å². The van der Waals surface area contributed by atoms with E-state index in [0.29, 0.717) is 6.73 Å². The number of nitrogens with zero attached hydrogens (tertiary/aromatic N) is 3. The van der Waals surface area contributed by atoms with Gasteiger partial charge in [0.25, 0.3) is 0 Å². The van der Waals surface area contributed by atoms with Gasteiger partial charge in [-0.15, -0.1) is 0 Å². The number of unbranched alkanes of at least 4 members (excludes halogenated alkanes) is 1. The number of aryl methyl sites for hydroxylation is 1. The fraction of sp³-hybridized carbons (Fsp3) is 0.684. The SMILES string of the molecule is CC(C)(C)OCN1CCN(CCCCc2ccc(O)c(C(=O)OS)n2)CC1. The van der Waals surface area contributed by atoms with E-state index >= 15 is 0 Å². The van der Waals surface area contributed by atoms with Crippen molar-refractivity contribution in [3.8, 4) is 5.75 Å². The van der Waals surface area contributed by atoms with Crippen LogP contribution < -0.4 is 0 Å². The van der Waals surface area contributed by atoms with Crippen LogP contribution in [-0.2, 0) is 15.3 Å². The lowest BCUT2D eigenvalue weighted by Crippen LogP contribution is -2.48. The van der Waals surface area contributed by atoms with Gasteiger partial charge in [0.05, 0.1) is 12.3 Å². The highest BCUT2D eigenvalue weighted by Gasteiger charge is 2.19. The maximum absolute atomic E-state index is 11.5. The van der Waals surface area contributed by atoms with Crippen LogP contribution in [0.25, 0.3) is 0 Å². The van der Waals surface area contributed by atoms with Gasteiger partial charge in [-0.25, -0.2) is 9.78 Å². The average molecular weight is 398 g/mol. The van der Waals surface area contributed by atoms with Gasteiger partial charge in [-0.1, -0.05) is 0 Å². The van der Waals surface area contributed by atoms with E-state index in [1.54, 1.807) is 6.07 Å². The lowest BCUT2D eigenvalue weighted by atomic mass is 10.1. The minimum atomic E-state index is -0.744. The van der Waals surface area contributed by atoms with Crippen molar-refractivity contribution in [1.82, 2.24) is 14.8 Å². The molecule has 0 aromatic carbocycles. The van der Waals surface area contributed by atoms with Gasteiger partial charge < -0.3 is 18.9 Å². The number of carbonyl (C=O) groups is 1. The number of hydrogen-bond acceptors (Lipinski definition) is 8. The predicted molar refractivity (Wildman–Crippen MR) is 107 cm³/mol. The van der Waals surface area contributed by atoms with Gasteiger partial charge in [0, 0.05) is 44.8 Å². The van der Waals surface area contributed by atoms with Crippen molar-refractivity contribution in [2.45, 2.75) is 45.6 Å². The summed E-state index contributed by atoms with van der Waals surface area (Å²) in [5, 5.41) is 9.67. The summed E-state index contributed by atoms with van der Waals surface area (Å²) < 4.78 is 10.2. The number of hydrogen-bond donors (Lipinski definition) is 2. The van der Waals surface area contributed by atoms with E-state index in [0.717, 1.165) is 57.7 Å². The number of pyridine rings is 1. The number of ether oxygens (including phenoxy) is 1. The molecule has 0 amide bonds. The Morgan fingerprint density at radius 3 is 2.48 bits per heavy atom. The number of aromatic hydroxyl groups is 1. The quantitative estimate of drug-likeness (QED) is 0.397. The molecule has 0 unspecified atom stereocenters. The third kappa shape index (κ3) is 7.65. The molecule has 7 nitrogen and oxygen atoms in total. The minimum Gasteiger partial charge on any atom is -0.505 e. The predicted octanol–water partition coefficient (Wildman–Crippen LogP) is 2.50. The Balaban J connectivity index is 1.66. The van der Waals surface area contributed by atoms with Crippen molar-refractivity contribution < 1.29 is 18.8 Å². The average Bonchev–Trinajstić information content (AvgIpc) is 2.64. The van der Waals surface area contributed by atoms with Crippen molar-refractivity contribution in [3.63, 3.8) is 0 Å². The van der Waals surface area contributed by atoms with Crippen LogP contribution in [0.3, 0.4) is 0 Å². The van der Waals surface area contributed by atoms with Crippen LogP contribution in [0.2, 0.25) is 0 Å². The molecule has 152 valence electrons. The number of piperazine rings is 1. The molecular formula is C19H31N3O4S. The molecule has 1 aromatic rings. The fourth-order valence-electron chi connectivity index (χ4n) is 2.89. The third-order valence-corrected chi connectivity index (χ3v) is 4.68. The van der Waals surface area contributed by atoms with Crippen LogP contribution in [0, 0.1) is 0 Å². The van der Waals surface area contributed by atoms with Gasteiger partial charge in [0.1, 0.15) is 5.75 Å². The van der Waals surface area contributed by atoms with Gasteiger partial charge in [-0.3, -0.25) is 4.90 Å². The molecule has 1 aliphatic heterocycles. The van der Waals surface area contributed by atoms with E-state index in [2.05, 4.69) is 52.6 Å². The van der Waals surface area contributed by atoms with Crippen LogP contribution in [-0.4, -0.2) is 70.9 Å². The van der Waals surface area contributed by atoms with E-state index in [1.807, 2.05) is 0 Å². The summed E-state index contributed by atoms with van der Waals surface area (Å²) in [5.41, 5.74) is 0.588. The molecule has 0 saturated carbocycles. The maximum Gasteiger partial charge on any atom is 0.372 e. The molecule has 0 aliphatic carbocycles. The molecule has 2 heterocycles. The van der Waals surface area contributed by atoms with Crippen LogP contribution in [0.5, 0.6) is 5.75 Å². The highest BCUT2D eigenvalue weighted by molar-refractivity contribution is 7.75. The first-order chi connectivity index (χ1) is 12.8. The zero-order chi connectivity index (χ0) is 19.9. The van der Waals surface area contributed by atoms with Crippen molar-refractivity contribution >= 4 is 18.9 Å². The highest BCUT2D eigenvalue weighted by atomic mass is 32.1. The monoisotopic (exact) mass is 397 g/mol. The van der Waals surface area contributed by atoms with E-state index in [-0.39, 0.29) is 17.0 Å². The largest absolute Gasteiger partial charge is 0.505 e. The first-order valence-corrected chi connectivity index (χ1v) is 9.78. The van der Waals surface area contributed by atoms with Gasteiger partial charge in [0.2, 0.25) is 0 Å². The molecule has 1 fully saturated rings. The zero-order valence-electron chi connectivity index (χ0n) is 16.5. The summed E-state index contributed by atoms with van der Waals surface area (Å²) in [6, 6.07) is 3.21. The van der Waals surface area contributed by atoms with Crippen LogP contribution in [0.15, 0.2) is 12.1 Å². The molecule has 27 heavy (non-hydrogen) atoms. The second kappa shape index (κ2) is 10.3. The molecule has 1 N–H and O–H groups in total. The van der Waals surface area contributed by atoms with Crippen LogP contribution in [0.4, 0.5) is 0 Å². The Bertz CT molecular complexity index is 613. The molecular weight excluding hydrogens is 366 g/mol. The Kier molecular flexibility index (Phi) is 8.34. The second-order valence-corrected chi connectivity index (χ2v) is 8.03. The zero-order valence-corrected chi connectivity index (χ0v) is 17.4. The molecule has 0 radical (unpaired) electrons. The van der Waals surface area contributed by atoms with E-state index in [4.69, 9.17) is 4.74 Å². The number of aromatic nitrogens is 1. The van der Waals surface area contributed by atoms with Gasteiger partial charge in [-0.05, 0) is 58.7 Å². The standard InChI is InChI=1S/C19H31N3O4S/c1-19(2,3)25-14-22-12-10-21(11-13-22)9-5-4-6-15-7-8-16(23)17(20-15)18(24)26-27/h7-8,23,27H,4-6,9-14H2,1-3H3. The third-order valence-electron chi connectivity index (χ3n) is 4.51. The number of rotatable bonds is 8. The van der Waals surface area contributed by atoms with E-state index < -0.39 is 5.97 Å². The summed E-state index contributed by atoms with van der Waals surface area (Å²) >= 11 is 3.47. The Morgan fingerprint density at radius 1 is 1.19 bits per heavy atom. The van der Waals surface area contributed by atoms with Crippen molar-refractivity contribution in [3.05, 3.63) is 23.5 Å². The van der Waals surface area contributed by atoms with Crippen molar-refractivity contribution in [2.24, 2.45) is 0 Å². The molecule has 0 spiro atoms. The topological polar surface area (TPSA) is 75.1 Å². The van der Waals surface area contributed by atoms with Crippen LogP contribution >= 0.6 is 12.9 Å². The molecule has 1 aliphatic rings. The molecule has 0 bridgehead atoms. The molecule has 1 aromatic heterocycles. The van der Waals surface area contributed by atoms with E-state index in [9.17, 15) is 9.90 Å². The molecule has 1 saturated heterocycles. The first-order valence-electron chi connectivity index (χ1n) is 9.42. The molecule has 0 atom stereocenters. The molecule has 2 rings (SSSR count). The van der Waals surface area contributed by atoms with Gasteiger partial charge >= 0.3 is 5.97 Å². The summed E-state index contributed by atoms with van der Waals surface area (Å²) in [6.45, 7) is 12.2. The van der Waals surface area contributed by atoms with E-state index in [1.165, 1.54) is 6.07 Å². The fourth-order valence-corrected chi connectivity index (χ4v) is 2.98.